The Kier molecular flexibility index (Phi) is 3.34. The third-order valence-electron chi connectivity index (χ3n) is 4.94. The van der Waals surface area contributed by atoms with E-state index in [2.05, 4.69) is 24.3 Å². The van der Waals surface area contributed by atoms with Crippen LogP contribution in [0.15, 0.2) is 24.3 Å². The van der Waals surface area contributed by atoms with Gasteiger partial charge in [0.15, 0.2) is 0 Å². The highest BCUT2D eigenvalue weighted by molar-refractivity contribution is 5.70. The van der Waals surface area contributed by atoms with E-state index in [9.17, 15) is 4.79 Å². The third-order valence-corrected chi connectivity index (χ3v) is 4.94. The summed E-state index contributed by atoms with van der Waals surface area (Å²) in [7, 11) is 0. The second-order valence-electron chi connectivity index (χ2n) is 6.31. The van der Waals surface area contributed by atoms with Crippen LogP contribution in [0.2, 0.25) is 0 Å². The Morgan fingerprint density at radius 1 is 1.11 bits per heavy atom. The molecule has 1 aromatic rings. The average Bonchev–Trinajstić information content (AvgIpc) is 3.20. The Morgan fingerprint density at radius 3 is 2.26 bits per heavy atom. The maximum absolute atomic E-state index is 10.9. The fraction of sp³-hybridized carbons (Fsp3) is 0.588. The average molecular weight is 258 g/mol. The van der Waals surface area contributed by atoms with Crippen LogP contribution in [0.5, 0.6) is 0 Å². The van der Waals surface area contributed by atoms with Crippen molar-refractivity contribution >= 4 is 5.97 Å². The summed E-state index contributed by atoms with van der Waals surface area (Å²) in [6.45, 7) is 0. The minimum atomic E-state index is -0.672. The van der Waals surface area contributed by atoms with Gasteiger partial charge in [0.05, 0.1) is 6.42 Å². The van der Waals surface area contributed by atoms with E-state index in [1.807, 2.05) is 0 Å². The summed E-state index contributed by atoms with van der Waals surface area (Å²) in [5.41, 5.74) is 2.64. The van der Waals surface area contributed by atoms with Gasteiger partial charge in [-0.25, -0.2) is 0 Å². The summed E-state index contributed by atoms with van der Waals surface area (Å²) < 4.78 is 0. The van der Waals surface area contributed by atoms with Gasteiger partial charge >= 0.3 is 5.97 Å². The van der Waals surface area contributed by atoms with Crippen LogP contribution in [0.3, 0.4) is 0 Å². The topological polar surface area (TPSA) is 37.3 Å². The van der Waals surface area contributed by atoms with Crippen molar-refractivity contribution in [1.29, 1.82) is 0 Å². The Labute approximate surface area is 114 Å². The first-order valence-electron chi connectivity index (χ1n) is 7.52. The lowest BCUT2D eigenvalue weighted by atomic mass is 9.83. The summed E-state index contributed by atoms with van der Waals surface area (Å²) >= 11 is 0. The normalized spacial score (nSPS) is 22.1. The fourth-order valence-electron chi connectivity index (χ4n) is 3.55. The zero-order valence-electron chi connectivity index (χ0n) is 11.4. The van der Waals surface area contributed by atoms with E-state index < -0.39 is 5.97 Å². The van der Waals surface area contributed by atoms with Gasteiger partial charge in [0, 0.05) is 5.41 Å². The summed E-state index contributed by atoms with van der Waals surface area (Å²) in [6, 6.07) is 8.85. The molecule has 0 unspecified atom stereocenters. The smallest absolute Gasteiger partial charge is 0.304 e. The van der Waals surface area contributed by atoms with Gasteiger partial charge in [0.1, 0.15) is 0 Å². The van der Waals surface area contributed by atoms with Crippen LogP contribution in [0.1, 0.15) is 68.4 Å². The molecule has 0 aromatic heterocycles. The number of carboxylic acid groups (broad SMARTS) is 1. The molecule has 2 heteroatoms. The van der Waals surface area contributed by atoms with Crippen molar-refractivity contribution in [3.63, 3.8) is 0 Å². The number of carboxylic acids is 1. The minimum absolute atomic E-state index is 0.0447. The van der Waals surface area contributed by atoms with E-state index in [4.69, 9.17) is 5.11 Å². The Morgan fingerprint density at radius 2 is 1.74 bits per heavy atom. The molecule has 0 saturated heterocycles. The largest absolute Gasteiger partial charge is 0.481 e. The van der Waals surface area contributed by atoms with Gasteiger partial charge in [-0.3, -0.25) is 4.79 Å². The number of benzene rings is 1. The van der Waals surface area contributed by atoms with Crippen LogP contribution in [0.4, 0.5) is 0 Å². The van der Waals surface area contributed by atoms with Crippen molar-refractivity contribution < 1.29 is 9.90 Å². The van der Waals surface area contributed by atoms with Crippen molar-refractivity contribution in [3.8, 4) is 0 Å². The molecule has 1 aromatic carbocycles. The van der Waals surface area contributed by atoms with Gasteiger partial charge in [-0.15, -0.1) is 0 Å². The molecule has 0 bridgehead atoms. The van der Waals surface area contributed by atoms with E-state index in [0.29, 0.717) is 0 Å². The molecular weight excluding hydrogens is 236 g/mol. The van der Waals surface area contributed by atoms with Crippen LogP contribution in [0, 0.1) is 0 Å². The van der Waals surface area contributed by atoms with Crippen molar-refractivity contribution in [3.05, 3.63) is 35.4 Å². The van der Waals surface area contributed by atoms with Gasteiger partial charge in [-0.1, -0.05) is 43.5 Å². The number of hydrogen-bond donors (Lipinski definition) is 1. The van der Waals surface area contributed by atoms with Gasteiger partial charge < -0.3 is 5.11 Å². The molecule has 19 heavy (non-hydrogen) atoms. The van der Waals surface area contributed by atoms with Crippen molar-refractivity contribution in [2.75, 3.05) is 0 Å². The maximum atomic E-state index is 10.9. The van der Waals surface area contributed by atoms with Gasteiger partial charge in [-0.2, -0.15) is 0 Å². The van der Waals surface area contributed by atoms with Gasteiger partial charge in [-0.05, 0) is 42.7 Å². The van der Waals surface area contributed by atoms with E-state index in [1.165, 1.54) is 43.2 Å². The Hall–Kier alpha value is -1.31. The summed E-state index contributed by atoms with van der Waals surface area (Å²) in [5.74, 6) is 0.0614. The molecule has 2 saturated carbocycles. The van der Waals surface area contributed by atoms with Gasteiger partial charge in [0.2, 0.25) is 0 Å². The zero-order valence-corrected chi connectivity index (χ0v) is 11.4. The number of hydrogen-bond acceptors (Lipinski definition) is 1. The fourth-order valence-corrected chi connectivity index (χ4v) is 3.55. The molecule has 0 aliphatic heterocycles. The molecule has 0 amide bonds. The van der Waals surface area contributed by atoms with Crippen LogP contribution in [-0.4, -0.2) is 11.1 Å². The lowest BCUT2D eigenvalue weighted by Gasteiger charge is -2.22. The predicted octanol–water partition coefficient (Wildman–Crippen LogP) is 4.24. The Balaban J connectivity index is 1.73. The third kappa shape index (κ3) is 2.68. The highest BCUT2D eigenvalue weighted by Gasteiger charge is 2.45. The van der Waals surface area contributed by atoms with Crippen molar-refractivity contribution in [2.45, 2.75) is 62.7 Å². The summed E-state index contributed by atoms with van der Waals surface area (Å²) in [6.07, 6.45) is 9.08. The zero-order chi connectivity index (χ0) is 13.3. The molecule has 0 spiro atoms. The molecule has 2 nitrogen and oxygen atoms in total. The van der Waals surface area contributed by atoms with E-state index >= 15 is 0 Å². The lowest BCUT2D eigenvalue weighted by Crippen LogP contribution is -2.13. The molecule has 2 fully saturated rings. The Bertz CT molecular complexity index is 451. The summed E-state index contributed by atoms with van der Waals surface area (Å²) in [5, 5.41) is 9.01. The first kappa shape index (κ1) is 12.7. The van der Waals surface area contributed by atoms with Crippen LogP contribution in [-0.2, 0) is 10.2 Å². The molecule has 3 rings (SSSR count). The molecule has 1 N–H and O–H groups in total. The maximum Gasteiger partial charge on any atom is 0.304 e. The monoisotopic (exact) mass is 258 g/mol. The minimum Gasteiger partial charge on any atom is -0.481 e. The van der Waals surface area contributed by atoms with Gasteiger partial charge in [0.25, 0.3) is 0 Å². The van der Waals surface area contributed by atoms with Crippen molar-refractivity contribution in [1.82, 2.24) is 0 Å². The van der Waals surface area contributed by atoms with E-state index in [0.717, 1.165) is 18.8 Å². The second-order valence-corrected chi connectivity index (χ2v) is 6.31. The molecule has 102 valence electrons. The van der Waals surface area contributed by atoms with Crippen LogP contribution >= 0.6 is 0 Å². The second kappa shape index (κ2) is 4.99. The molecule has 0 radical (unpaired) electrons. The quantitative estimate of drug-likeness (QED) is 0.877. The predicted molar refractivity (Wildman–Crippen MR) is 75.4 cm³/mol. The standard InChI is InChI=1S/C17H22O2/c18-16(19)12-17(10-11-17)15-8-6-14(7-9-15)13-4-2-1-3-5-13/h6-9,13H,1-5,10-12H2,(H,18,19). The number of carbonyl (C=O) groups is 1. The molecule has 2 aliphatic carbocycles. The first-order valence-corrected chi connectivity index (χ1v) is 7.52. The SMILES string of the molecule is O=C(O)CC1(c2ccc(C3CCCCC3)cc2)CC1. The van der Waals surface area contributed by atoms with E-state index in [1.54, 1.807) is 0 Å². The van der Waals surface area contributed by atoms with Crippen LogP contribution in [0.25, 0.3) is 0 Å². The highest BCUT2D eigenvalue weighted by Crippen LogP contribution is 2.51. The summed E-state index contributed by atoms with van der Waals surface area (Å²) in [4.78, 5) is 10.9. The van der Waals surface area contributed by atoms with E-state index in [-0.39, 0.29) is 11.8 Å². The molecular formula is C17H22O2. The number of rotatable bonds is 4. The molecule has 0 atom stereocenters. The highest BCUT2D eigenvalue weighted by atomic mass is 16.4. The number of aliphatic carboxylic acids is 1. The van der Waals surface area contributed by atoms with Crippen LogP contribution < -0.4 is 0 Å². The van der Waals surface area contributed by atoms with Crippen molar-refractivity contribution in [2.24, 2.45) is 0 Å². The molecule has 2 aliphatic rings. The lowest BCUT2D eigenvalue weighted by molar-refractivity contribution is -0.137. The first-order chi connectivity index (χ1) is 9.20. The molecule has 0 heterocycles.